The lowest BCUT2D eigenvalue weighted by Crippen LogP contribution is -2.45. The Balaban J connectivity index is 1.80. The third kappa shape index (κ3) is 4.29. The summed E-state index contributed by atoms with van der Waals surface area (Å²) in [6, 6.07) is 19.0. The van der Waals surface area contributed by atoms with E-state index in [4.69, 9.17) is 0 Å². The smallest absolute Gasteiger partial charge is 0.227 e. The maximum absolute atomic E-state index is 12.9. The zero-order chi connectivity index (χ0) is 17.7. The summed E-state index contributed by atoms with van der Waals surface area (Å²) < 4.78 is 0. The van der Waals surface area contributed by atoms with E-state index < -0.39 is 0 Å². The summed E-state index contributed by atoms with van der Waals surface area (Å²) in [6.07, 6.45) is 1.68. The SMILES string of the molecule is CC(C)CNC(=O)[C@@]1(Cc2cccc(-c3ccccc3)c2)CCNC1. The van der Waals surface area contributed by atoms with E-state index in [2.05, 4.69) is 73.0 Å². The lowest BCUT2D eigenvalue weighted by atomic mass is 9.79. The van der Waals surface area contributed by atoms with E-state index in [9.17, 15) is 4.79 Å². The molecule has 1 aliphatic heterocycles. The molecule has 1 amide bonds. The van der Waals surface area contributed by atoms with Crippen LogP contribution in [0.3, 0.4) is 0 Å². The van der Waals surface area contributed by atoms with Gasteiger partial charge in [-0.2, -0.15) is 0 Å². The topological polar surface area (TPSA) is 41.1 Å². The molecule has 1 heterocycles. The maximum atomic E-state index is 12.9. The Labute approximate surface area is 150 Å². The van der Waals surface area contributed by atoms with Gasteiger partial charge in [-0.05, 0) is 42.0 Å². The van der Waals surface area contributed by atoms with Crippen molar-refractivity contribution in [3.8, 4) is 11.1 Å². The molecule has 0 spiro atoms. The Kier molecular flexibility index (Phi) is 5.54. The Morgan fingerprint density at radius 2 is 1.88 bits per heavy atom. The molecule has 0 unspecified atom stereocenters. The van der Waals surface area contributed by atoms with Gasteiger partial charge in [0.15, 0.2) is 0 Å². The average Bonchev–Trinajstić information content (AvgIpc) is 3.10. The van der Waals surface area contributed by atoms with Gasteiger partial charge in [0.05, 0.1) is 5.41 Å². The normalized spacial score (nSPS) is 20.0. The summed E-state index contributed by atoms with van der Waals surface area (Å²) in [7, 11) is 0. The van der Waals surface area contributed by atoms with Crippen LogP contribution in [-0.4, -0.2) is 25.5 Å². The summed E-state index contributed by atoms with van der Waals surface area (Å²) in [4.78, 5) is 12.9. The second kappa shape index (κ2) is 7.83. The highest BCUT2D eigenvalue weighted by molar-refractivity contribution is 5.83. The van der Waals surface area contributed by atoms with Crippen LogP contribution in [0.25, 0.3) is 11.1 Å². The van der Waals surface area contributed by atoms with Gasteiger partial charge in [0.1, 0.15) is 0 Å². The number of benzene rings is 2. The third-order valence-electron chi connectivity index (χ3n) is 4.97. The van der Waals surface area contributed by atoms with Crippen LogP contribution in [0.1, 0.15) is 25.8 Å². The van der Waals surface area contributed by atoms with Crippen LogP contribution in [0, 0.1) is 11.3 Å². The zero-order valence-corrected chi connectivity index (χ0v) is 15.2. The number of hydrogen-bond acceptors (Lipinski definition) is 2. The summed E-state index contributed by atoms with van der Waals surface area (Å²) >= 11 is 0. The van der Waals surface area contributed by atoms with Crippen molar-refractivity contribution in [1.29, 1.82) is 0 Å². The predicted octanol–water partition coefficient (Wildman–Crippen LogP) is 3.65. The van der Waals surface area contributed by atoms with Crippen molar-refractivity contribution in [3.05, 3.63) is 60.2 Å². The van der Waals surface area contributed by atoms with Crippen LogP contribution in [0.5, 0.6) is 0 Å². The van der Waals surface area contributed by atoms with Crippen molar-refractivity contribution in [2.75, 3.05) is 19.6 Å². The maximum Gasteiger partial charge on any atom is 0.227 e. The third-order valence-corrected chi connectivity index (χ3v) is 4.97. The molecule has 3 heteroatoms. The Hall–Kier alpha value is -2.13. The van der Waals surface area contributed by atoms with Gasteiger partial charge >= 0.3 is 0 Å². The minimum atomic E-state index is -0.329. The standard InChI is InChI=1S/C22H28N2O/c1-17(2)15-24-21(25)22(11-12-23-16-22)14-18-7-6-10-20(13-18)19-8-4-3-5-9-19/h3-10,13,17,23H,11-12,14-16H2,1-2H3,(H,24,25)/t22-/m1/s1. The van der Waals surface area contributed by atoms with E-state index >= 15 is 0 Å². The number of rotatable bonds is 6. The first-order chi connectivity index (χ1) is 12.1. The van der Waals surface area contributed by atoms with Gasteiger partial charge in [-0.25, -0.2) is 0 Å². The quantitative estimate of drug-likeness (QED) is 0.845. The Morgan fingerprint density at radius 1 is 1.12 bits per heavy atom. The van der Waals surface area contributed by atoms with Crippen molar-refractivity contribution >= 4 is 5.91 Å². The summed E-state index contributed by atoms with van der Waals surface area (Å²) in [6.45, 7) is 6.66. The largest absolute Gasteiger partial charge is 0.355 e. The molecule has 1 fully saturated rings. The van der Waals surface area contributed by atoms with Crippen molar-refractivity contribution < 1.29 is 4.79 Å². The Bertz CT molecular complexity index is 703. The number of carbonyl (C=O) groups is 1. The molecule has 3 rings (SSSR count). The van der Waals surface area contributed by atoms with Gasteiger partial charge in [-0.1, -0.05) is 68.4 Å². The number of carbonyl (C=O) groups excluding carboxylic acids is 1. The highest BCUT2D eigenvalue weighted by atomic mass is 16.2. The van der Waals surface area contributed by atoms with Gasteiger partial charge in [0, 0.05) is 13.1 Å². The molecule has 2 aromatic carbocycles. The van der Waals surface area contributed by atoms with Crippen LogP contribution >= 0.6 is 0 Å². The molecular formula is C22H28N2O. The van der Waals surface area contributed by atoms with Crippen molar-refractivity contribution in [1.82, 2.24) is 10.6 Å². The van der Waals surface area contributed by atoms with Crippen LogP contribution in [0.2, 0.25) is 0 Å². The minimum Gasteiger partial charge on any atom is -0.355 e. The van der Waals surface area contributed by atoms with E-state index in [-0.39, 0.29) is 11.3 Å². The lowest BCUT2D eigenvalue weighted by Gasteiger charge is -2.28. The highest BCUT2D eigenvalue weighted by Gasteiger charge is 2.41. The molecule has 0 aromatic heterocycles. The van der Waals surface area contributed by atoms with Crippen molar-refractivity contribution in [3.63, 3.8) is 0 Å². The number of nitrogens with one attached hydrogen (secondary N) is 2. The molecule has 1 saturated heterocycles. The second-order valence-electron chi connectivity index (χ2n) is 7.55. The molecule has 3 nitrogen and oxygen atoms in total. The summed E-state index contributed by atoms with van der Waals surface area (Å²) in [5.74, 6) is 0.660. The van der Waals surface area contributed by atoms with E-state index in [0.717, 1.165) is 32.5 Å². The highest BCUT2D eigenvalue weighted by Crippen LogP contribution is 2.32. The number of amides is 1. The molecule has 25 heavy (non-hydrogen) atoms. The zero-order valence-electron chi connectivity index (χ0n) is 15.2. The van der Waals surface area contributed by atoms with Gasteiger partial charge in [-0.15, -0.1) is 0 Å². The molecule has 0 saturated carbocycles. The van der Waals surface area contributed by atoms with Crippen LogP contribution in [-0.2, 0) is 11.2 Å². The molecule has 0 bridgehead atoms. The predicted molar refractivity (Wildman–Crippen MR) is 103 cm³/mol. The second-order valence-corrected chi connectivity index (χ2v) is 7.55. The van der Waals surface area contributed by atoms with Gasteiger partial charge in [0.25, 0.3) is 0 Å². The fourth-order valence-electron chi connectivity index (χ4n) is 3.54. The van der Waals surface area contributed by atoms with E-state index in [1.54, 1.807) is 0 Å². The fourth-order valence-corrected chi connectivity index (χ4v) is 3.54. The monoisotopic (exact) mass is 336 g/mol. The molecule has 2 N–H and O–H groups in total. The van der Waals surface area contributed by atoms with E-state index in [0.29, 0.717) is 5.92 Å². The molecule has 1 atom stereocenters. The summed E-state index contributed by atoms with van der Waals surface area (Å²) in [5.41, 5.74) is 3.32. The fraction of sp³-hybridized carbons (Fsp3) is 0.409. The van der Waals surface area contributed by atoms with E-state index in [1.807, 2.05) is 6.07 Å². The minimum absolute atomic E-state index is 0.191. The molecule has 132 valence electrons. The van der Waals surface area contributed by atoms with Gasteiger partial charge < -0.3 is 10.6 Å². The van der Waals surface area contributed by atoms with E-state index in [1.165, 1.54) is 16.7 Å². The average molecular weight is 336 g/mol. The first-order valence-corrected chi connectivity index (χ1v) is 9.22. The summed E-state index contributed by atoms with van der Waals surface area (Å²) in [5, 5.41) is 6.54. The first kappa shape index (κ1) is 17.7. The molecule has 0 aliphatic carbocycles. The molecule has 1 aliphatic rings. The molecule has 0 radical (unpaired) electrons. The Morgan fingerprint density at radius 3 is 2.56 bits per heavy atom. The van der Waals surface area contributed by atoms with Crippen LogP contribution in [0.15, 0.2) is 54.6 Å². The number of hydrogen-bond donors (Lipinski definition) is 2. The van der Waals surface area contributed by atoms with Crippen LogP contribution in [0.4, 0.5) is 0 Å². The van der Waals surface area contributed by atoms with Crippen molar-refractivity contribution in [2.45, 2.75) is 26.7 Å². The van der Waals surface area contributed by atoms with Crippen LogP contribution < -0.4 is 10.6 Å². The van der Waals surface area contributed by atoms with Gasteiger partial charge in [-0.3, -0.25) is 4.79 Å². The van der Waals surface area contributed by atoms with Gasteiger partial charge in [0.2, 0.25) is 5.91 Å². The molecular weight excluding hydrogens is 308 g/mol. The molecule has 2 aromatic rings. The van der Waals surface area contributed by atoms with Crippen molar-refractivity contribution in [2.24, 2.45) is 11.3 Å². The lowest BCUT2D eigenvalue weighted by molar-refractivity contribution is -0.130. The first-order valence-electron chi connectivity index (χ1n) is 9.22.